The van der Waals surface area contributed by atoms with Crippen molar-refractivity contribution in [3.05, 3.63) is 59.7 Å². The molecular weight excluding hydrogens is 271 g/mol. The van der Waals surface area contributed by atoms with Crippen molar-refractivity contribution in [3.8, 4) is 0 Å². The third kappa shape index (κ3) is 2.31. The van der Waals surface area contributed by atoms with Crippen LogP contribution < -0.4 is 0 Å². The first kappa shape index (κ1) is 13.4. The zero-order valence-corrected chi connectivity index (χ0v) is 11.8. The topological polar surface area (TPSA) is 36.2 Å². The van der Waals surface area contributed by atoms with Crippen molar-refractivity contribution in [3.63, 3.8) is 0 Å². The molecule has 0 aliphatic heterocycles. The van der Waals surface area contributed by atoms with Crippen LogP contribution in [-0.2, 0) is 18.3 Å². The lowest BCUT2D eigenvalue weighted by Gasteiger charge is -2.09. The summed E-state index contributed by atoms with van der Waals surface area (Å²) in [5.74, 6) is -0.689. The molecule has 2 aromatic heterocycles. The lowest BCUT2D eigenvalue weighted by Crippen LogP contribution is -2.11. The van der Waals surface area contributed by atoms with Crippen LogP contribution in [0.5, 0.6) is 0 Å². The lowest BCUT2D eigenvalue weighted by molar-refractivity contribution is 0.0589. The summed E-state index contributed by atoms with van der Waals surface area (Å²) in [5.41, 5.74) is 3.11. The Morgan fingerprint density at radius 1 is 1.24 bits per heavy atom. The highest BCUT2D eigenvalue weighted by Crippen LogP contribution is 2.23. The van der Waals surface area contributed by atoms with E-state index in [0.29, 0.717) is 12.2 Å². The highest BCUT2D eigenvalue weighted by molar-refractivity contribution is 5.94. The summed E-state index contributed by atoms with van der Waals surface area (Å²) in [6.07, 6.45) is 1.92. The molecule has 0 spiro atoms. The smallest absolute Gasteiger partial charge is 0.354 e. The minimum Gasteiger partial charge on any atom is -0.464 e. The number of rotatable bonds is 3. The molecule has 0 radical (unpaired) electrons. The van der Waals surface area contributed by atoms with Crippen LogP contribution in [-0.4, -0.2) is 22.2 Å². The summed E-state index contributed by atoms with van der Waals surface area (Å²) in [4.78, 5) is 11.9. The zero-order valence-electron chi connectivity index (χ0n) is 11.8. The molecule has 0 atom stereocenters. The number of hydrogen-bond acceptors (Lipinski definition) is 2. The molecule has 0 aliphatic rings. The van der Waals surface area contributed by atoms with Crippen LogP contribution in [0.25, 0.3) is 11.0 Å². The molecule has 21 heavy (non-hydrogen) atoms. The summed E-state index contributed by atoms with van der Waals surface area (Å²) in [6.45, 7) is 0.412. The van der Waals surface area contributed by atoms with E-state index in [1.807, 2.05) is 34.5 Å². The fraction of sp³-hybridized carbons (Fsp3) is 0.188. The van der Waals surface area contributed by atoms with Gasteiger partial charge < -0.3 is 13.9 Å². The molecule has 5 heteroatoms. The van der Waals surface area contributed by atoms with Crippen molar-refractivity contribution < 1.29 is 13.9 Å². The molecule has 0 aliphatic carbocycles. The zero-order chi connectivity index (χ0) is 15.0. The Balaban J connectivity index is 2.12. The number of benzene rings is 1. The maximum Gasteiger partial charge on any atom is 0.354 e. The van der Waals surface area contributed by atoms with Crippen molar-refractivity contribution in [1.29, 1.82) is 0 Å². The summed E-state index contributed by atoms with van der Waals surface area (Å²) in [7, 11) is 3.27. The molecule has 0 saturated carbocycles. The quantitative estimate of drug-likeness (QED) is 0.694. The number of carbonyl (C=O) groups excluding carboxylic acids is 1. The Kier molecular flexibility index (Phi) is 3.25. The predicted molar refractivity (Wildman–Crippen MR) is 77.8 cm³/mol. The molecule has 0 fully saturated rings. The van der Waals surface area contributed by atoms with Gasteiger partial charge in [0.15, 0.2) is 0 Å². The van der Waals surface area contributed by atoms with Crippen molar-refractivity contribution in [2.75, 3.05) is 7.11 Å². The maximum atomic E-state index is 13.3. The van der Waals surface area contributed by atoms with Crippen LogP contribution in [0.4, 0.5) is 4.39 Å². The number of esters is 1. The first-order valence-corrected chi connectivity index (χ1v) is 6.57. The Labute approximate surface area is 121 Å². The Hall–Kier alpha value is -2.56. The molecule has 0 saturated heterocycles. The van der Waals surface area contributed by atoms with E-state index in [-0.39, 0.29) is 5.82 Å². The summed E-state index contributed by atoms with van der Waals surface area (Å²) in [6, 6.07) is 10.1. The molecule has 108 valence electrons. The van der Waals surface area contributed by atoms with Gasteiger partial charge in [0, 0.05) is 19.8 Å². The van der Waals surface area contributed by atoms with Gasteiger partial charge in [0.05, 0.1) is 18.1 Å². The van der Waals surface area contributed by atoms with Gasteiger partial charge in [-0.15, -0.1) is 0 Å². The van der Waals surface area contributed by atoms with Crippen LogP contribution in [0, 0.1) is 5.82 Å². The van der Waals surface area contributed by atoms with Gasteiger partial charge in [0.1, 0.15) is 11.5 Å². The predicted octanol–water partition coefficient (Wildman–Crippen LogP) is 2.95. The average Bonchev–Trinajstić information content (AvgIpc) is 3.00. The highest BCUT2D eigenvalue weighted by Gasteiger charge is 2.18. The average molecular weight is 286 g/mol. The summed E-state index contributed by atoms with van der Waals surface area (Å²) < 4.78 is 21.9. The summed E-state index contributed by atoms with van der Waals surface area (Å²) >= 11 is 0. The summed E-state index contributed by atoms with van der Waals surface area (Å²) in [5, 5.41) is 0. The van der Waals surface area contributed by atoms with Gasteiger partial charge in [-0.25, -0.2) is 9.18 Å². The molecule has 0 unspecified atom stereocenters. The maximum absolute atomic E-state index is 13.3. The van der Waals surface area contributed by atoms with Crippen LogP contribution in [0.1, 0.15) is 16.1 Å². The molecule has 3 rings (SSSR count). The molecule has 2 heterocycles. The van der Waals surface area contributed by atoms with Crippen LogP contribution in [0.3, 0.4) is 0 Å². The number of aryl methyl sites for hydroxylation is 1. The van der Waals surface area contributed by atoms with Gasteiger partial charge in [-0.1, -0.05) is 12.1 Å². The van der Waals surface area contributed by atoms with Crippen LogP contribution >= 0.6 is 0 Å². The minimum atomic E-state index is -0.400. The van der Waals surface area contributed by atoms with E-state index in [0.717, 1.165) is 16.6 Å². The molecule has 1 aromatic carbocycles. The monoisotopic (exact) mass is 286 g/mol. The normalized spacial score (nSPS) is 11.0. The Bertz CT molecular complexity index is 817. The van der Waals surface area contributed by atoms with Crippen LogP contribution in [0.15, 0.2) is 42.6 Å². The fourth-order valence-corrected chi connectivity index (χ4v) is 2.53. The molecule has 0 bridgehead atoms. The number of carbonyl (C=O) groups is 1. The standard InChI is InChI=1S/C16H15FN2O2/c1-18-7-6-13-14(18)9-15(16(20)21-2)19(13)10-11-4-3-5-12(17)8-11/h3-9H,10H2,1-2H3. The van der Waals surface area contributed by atoms with Gasteiger partial charge in [-0.05, 0) is 29.8 Å². The van der Waals surface area contributed by atoms with E-state index < -0.39 is 5.97 Å². The number of aromatic nitrogens is 2. The largest absolute Gasteiger partial charge is 0.464 e. The highest BCUT2D eigenvalue weighted by atomic mass is 19.1. The van der Waals surface area contributed by atoms with Crippen molar-refractivity contribution in [1.82, 2.24) is 9.13 Å². The van der Waals surface area contributed by atoms with Crippen molar-refractivity contribution >= 4 is 17.0 Å². The van der Waals surface area contributed by atoms with Gasteiger partial charge in [0.2, 0.25) is 0 Å². The second-order valence-corrected chi connectivity index (χ2v) is 4.93. The number of methoxy groups -OCH3 is 1. The van der Waals surface area contributed by atoms with Crippen molar-refractivity contribution in [2.24, 2.45) is 7.05 Å². The van der Waals surface area contributed by atoms with E-state index in [4.69, 9.17) is 4.74 Å². The number of nitrogens with zero attached hydrogens (tertiary/aromatic N) is 2. The van der Waals surface area contributed by atoms with E-state index in [1.165, 1.54) is 19.2 Å². The molecule has 3 aromatic rings. The van der Waals surface area contributed by atoms with E-state index in [9.17, 15) is 9.18 Å². The second kappa shape index (κ2) is 5.09. The van der Waals surface area contributed by atoms with Crippen molar-refractivity contribution in [2.45, 2.75) is 6.54 Å². The third-order valence-corrected chi connectivity index (χ3v) is 3.58. The number of fused-ring (bicyclic) bond motifs is 1. The first-order chi connectivity index (χ1) is 10.1. The minimum absolute atomic E-state index is 0.288. The number of ether oxygens (including phenoxy) is 1. The molecule has 0 amide bonds. The number of halogens is 1. The van der Waals surface area contributed by atoms with Gasteiger partial charge in [-0.2, -0.15) is 0 Å². The SMILES string of the molecule is COC(=O)c1cc2c(ccn2C)n1Cc1cccc(F)c1. The van der Waals surface area contributed by atoms with Gasteiger partial charge >= 0.3 is 5.97 Å². The van der Waals surface area contributed by atoms with Gasteiger partial charge in [0.25, 0.3) is 0 Å². The van der Waals surface area contributed by atoms with E-state index >= 15 is 0 Å². The molecule has 4 nitrogen and oxygen atoms in total. The third-order valence-electron chi connectivity index (χ3n) is 3.58. The lowest BCUT2D eigenvalue weighted by atomic mass is 10.2. The van der Waals surface area contributed by atoms with Gasteiger partial charge in [-0.3, -0.25) is 0 Å². The molecule has 0 N–H and O–H groups in total. The van der Waals surface area contributed by atoms with E-state index in [2.05, 4.69) is 0 Å². The number of hydrogen-bond donors (Lipinski definition) is 0. The second-order valence-electron chi connectivity index (χ2n) is 4.93. The Morgan fingerprint density at radius 3 is 2.76 bits per heavy atom. The fourth-order valence-electron chi connectivity index (χ4n) is 2.53. The first-order valence-electron chi connectivity index (χ1n) is 6.57. The van der Waals surface area contributed by atoms with E-state index in [1.54, 1.807) is 12.1 Å². The molecular formula is C16H15FN2O2. The Morgan fingerprint density at radius 2 is 2.05 bits per heavy atom. The van der Waals surface area contributed by atoms with Crippen LogP contribution in [0.2, 0.25) is 0 Å².